The number of ether oxygens (including phenoxy) is 2. The summed E-state index contributed by atoms with van der Waals surface area (Å²) in [7, 11) is 1.63. The Morgan fingerprint density at radius 1 is 1.17 bits per heavy atom. The van der Waals surface area contributed by atoms with Crippen LogP contribution in [0.2, 0.25) is 0 Å². The lowest BCUT2D eigenvalue weighted by molar-refractivity contribution is 0.0951. The highest BCUT2D eigenvalue weighted by Gasteiger charge is 2.06. The molecule has 0 aliphatic rings. The van der Waals surface area contributed by atoms with Crippen molar-refractivity contribution in [2.75, 3.05) is 20.3 Å². The highest BCUT2D eigenvalue weighted by atomic mass is 16.5. The lowest BCUT2D eigenvalue weighted by atomic mass is 10.1. The average Bonchev–Trinajstić information content (AvgIpc) is 2.61. The molecule has 0 fully saturated rings. The molecule has 23 heavy (non-hydrogen) atoms. The Morgan fingerprint density at radius 3 is 2.65 bits per heavy atom. The first-order valence-corrected chi connectivity index (χ1v) is 7.22. The molecule has 0 aromatic heterocycles. The fourth-order valence-corrected chi connectivity index (χ4v) is 1.96. The van der Waals surface area contributed by atoms with Crippen LogP contribution in [-0.4, -0.2) is 26.2 Å². The highest BCUT2D eigenvalue weighted by Crippen LogP contribution is 2.12. The maximum Gasteiger partial charge on any atom is 0.251 e. The summed E-state index contributed by atoms with van der Waals surface area (Å²) >= 11 is 0. The van der Waals surface area contributed by atoms with E-state index in [1.165, 1.54) is 0 Å². The Morgan fingerprint density at radius 2 is 1.96 bits per heavy atom. The molecule has 0 spiro atoms. The van der Waals surface area contributed by atoms with Crippen molar-refractivity contribution in [1.82, 2.24) is 5.32 Å². The maximum atomic E-state index is 12.1. The summed E-state index contributed by atoms with van der Waals surface area (Å²) < 4.78 is 10.4. The van der Waals surface area contributed by atoms with Gasteiger partial charge >= 0.3 is 0 Å². The summed E-state index contributed by atoms with van der Waals surface area (Å²) in [5, 5.41) is 11.7. The highest BCUT2D eigenvalue weighted by molar-refractivity contribution is 5.94. The second-order valence-corrected chi connectivity index (χ2v) is 4.86. The molecule has 0 atom stereocenters. The third-order valence-corrected chi connectivity index (χ3v) is 3.19. The largest absolute Gasteiger partial charge is 0.491 e. The van der Waals surface area contributed by atoms with E-state index in [0.717, 1.165) is 11.3 Å². The number of nitrogens with zero attached hydrogens (tertiary/aromatic N) is 1. The summed E-state index contributed by atoms with van der Waals surface area (Å²) in [6.07, 6.45) is 0. The van der Waals surface area contributed by atoms with Gasteiger partial charge in [-0.25, -0.2) is 0 Å². The number of nitriles is 1. The van der Waals surface area contributed by atoms with Crippen molar-refractivity contribution in [1.29, 1.82) is 5.26 Å². The summed E-state index contributed by atoms with van der Waals surface area (Å²) in [5.74, 6) is 0.557. The van der Waals surface area contributed by atoms with Crippen molar-refractivity contribution < 1.29 is 14.3 Å². The third kappa shape index (κ3) is 5.13. The molecular weight excluding hydrogens is 292 g/mol. The van der Waals surface area contributed by atoms with Crippen molar-refractivity contribution in [3.63, 3.8) is 0 Å². The minimum atomic E-state index is -0.206. The summed E-state index contributed by atoms with van der Waals surface area (Å²) in [4.78, 5) is 12.1. The normalized spacial score (nSPS) is 9.91. The van der Waals surface area contributed by atoms with Crippen LogP contribution in [0.3, 0.4) is 0 Å². The lowest BCUT2D eigenvalue weighted by Crippen LogP contribution is -2.22. The van der Waals surface area contributed by atoms with Gasteiger partial charge in [-0.3, -0.25) is 4.79 Å². The maximum absolute atomic E-state index is 12.1. The van der Waals surface area contributed by atoms with E-state index in [4.69, 9.17) is 14.7 Å². The predicted octanol–water partition coefficient (Wildman–Crippen LogP) is 2.51. The van der Waals surface area contributed by atoms with Crippen LogP contribution in [0, 0.1) is 11.3 Å². The van der Waals surface area contributed by atoms with Crippen LogP contribution in [0.4, 0.5) is 0 Å². The zero-order valence-corrected chi connectivity index (χ0v) is 12.9. The van der Waals surface area contributed by atoms with Gasteiger partial charge in [0.25, 0.3) is 5.91 Å². The Bertz CT molecular complexity index is 690. The van der Waals surface area contributed by atoms with Gasteiger partial charge in [0, 0.05) is 19.2 Å². The molecule has 5 heteroatoms. The number of methoxy groups -OCH3 is 1. The SMILES string of the molecule is COCCOc1ccc(CNC(=O)c2cccc(C#N)c2)cc1. The minimum Gasteiger partial charge on any atom is -0.491 e. The zero-order chi connectivity index (χ0) is 16.5. The fraction of sp³-hybridized carbons (Fsp3) is 0.222. The smallest absolute Gasteiger partial charge is 0.251 e. The van der Waals surface area contributed by atoms with E-state index < -0.39 is 0 Å². The number of benzene rings is 2. The van der Waals surface area contributed by atoms with E-state index in [1.54, 1.807) is 31.4 Å². The van der Waals surface area contributed by atoms with E-state index in [9.17, 15) is 4.79 Å². The Balaban J connectivity index is 1.87. The molecule has 0 radical (unpaired) electrons. The lowest BCUT2D eigenvalue weighted by Gasteiger charge is -2.08. The van der Waals surface area contributed by atoms with E-state index >= 15 is 0 Å². The Hall–Kier alpha value is -2.84. The molecule has 0 saturated carbocycles. The van der Waals surface area contributed by atoms with E-state index in [2.05, 4.69) is 5.32 Å². The molecule has 1 amide bonds. The topological polar surface area (TPSA) is 71.3 Å². The molecule has 0 aliphatic carbocycles. The number of hydrogen-bond donors (Lipinski definition) is 1. The van der Waals surface area contributed by atoms with Crippen molar-refractivity contribution >= 4 is 5.91 Å². The molecule has 5 nitrogen and oxygen atoms in total. The Labute approximate surface area is 135 Å². The third-order valence-electron chi connectivity index (χ3n) is 3.19. The van der Waals surface area contributed by atoms with Gasteiger partial charge in [-0.2, -0.15) is 5.26 Å². The predicted molar refractivity (Wildman–Crippen MR) is 86.1 cm³/mol. The molecular formula is C18H18N2O3. The van der Waals surface area contributed by atoms with Gasteiger partial charge < -0.3 is 14.8 Å². The van der Waals surface area contributed by atoms with Gasteiger partial charge in [0.05, 0.1) is 18.2 Å². The van der Waals surface area contributed by atoms with Gasteiger partial charge in [-0.15, -0.1) is 0 Å². The van der Waals surface area contributed by atoms with Crippen molar-refractivity contribution in [3.8, 4) is 11.8 Å². The quantitative estimate of drug-likeness (QED) is 0.798. The van der Waals surface area contributed by atoms with Crippen LogP contribution in [-0.2, 0) is 11.3 Å². The summed E-state index contributed by atoms with van der Waals surface area (Å²) in [5.41, 5.74) is 1.91. The number of hydrogen-bond acceptors (Lipinski definition) is 4. The number of rotatable bonds is 7. The minimum absolute atomic E-state index is 0.206. The molecule has 1 N–H and O–H groups in total. The van der Waals surface area contributed by atoms with Crippen LogP contribution in [0.1, 0.15) is 21.5 Å². The number of nitrogens with one attached hydrogen (secondary N) is 1. The molecule has 0 heterocycles. The first-order chi connectivity index (χ1) is 11.2. The van der Waals surface area contributed by atoms with Crippen LogP contribution in [0.15, 0.2) is 48.5 Å². The number of amides is 1. The molecule has 0 saturated heterocycles. The first kappa shape index (κ1) is 16.5. The van der Waals surface area contributed by atoms with Crippen LogP contribution < -0.4 is 10.1 Å². The van der Waals surface area contributed by atoms with Gasteiger partial charge in [-0.1, -0.05) is 18.2 Å². The molecule has 0 bridgehead atoms. The molecule has 2 rings (SSSR count). The van der Waals surface area contributed by atoms with Gasteiger partial charge in [0.15, 0.2) is 0 Å². The van der Waals surface area contributed by atoms with Crippen LogP contribution in [0.5, 0.6) is 5.75 Å². The zero-order valence-electron chi connectivity index (χ0n) is 12.9. The number of carbonyl (C=O) groups excluding carboxylic acids is 1. The molecule has 2 aromatic carbocycles. The molecule has 2 aromatic rings. The van der Waals surface area contributed by atoms with Crippen LogP contribution in [0.25, 0.3) is 0 Å². The monoisotopic (exact) mass is 310 g/mol. The van der Waals surface area contributed by atoms with E-state index in [1.807, 2.05) is 30.3 Å². The summed E-state index contributed by atoms with van der Waals surface area (Å²) in [6, 6.07) is 16.1. The van der Waals surface area contributed by atoms with Gasteiger partial charge in [0.2, 0.25) is 0 Å². The van der Waals surface area contributed by atoms with Crippen molar-refractivity contribution in [3.05, 3.63) is 65.2 Å². The second-order valence-electron chi connectivity index (χ2n) is 4.86. The van der Waals surface area contributed by atoms with Gasteiger partial charge in [0.1, 0.15) is 12.4 Å². The summed E-state index contributed by atoms with van der Waals surface area (Å²) in [6.45, 7) is 1.45. The Kier molecular flexibility index (Phi) is 6.16. The number of carbonyl (C=O) groups is 1. The first-order valence-electron chi connectivity index (χ1n) is 7.22. The van der Waals surface area contributed by atoms with E-state index in [-0.39, 0.29) is 5.91 Å². The molecule has 118 valence electrons. The van der Waals surface area contributed by atoms with E-state index in [0.29, 0.717) is 30.9 Å². The average molecular weight is 310 g/mol. The van der Waals surface area contributed by atoms with Crippen molar-refractivity contribution in [2.24, 2.45) is 0 Å². The van der Waals surface area contributed by atoms with Crippen LogP contribution >= 0.6 is 0 Å². The fourth-order valence-electron chi connectivity index (χ4n) is 1.96. The molecule has 0 unspecified atom stereocenters. The van der Waals surface area contributed by atoms with Crippen molar-refractivity contribution in [2.45, 2.75) is 6.54 Å². The molecule has 0 aliphatic heterocycles. The second kappa shape index (κ2) is 8.57. The van der Waals surface area contributed by atoms with Gasteiger partial charge in [-0.05, 0) is 35.9 Å². The standard InChI is InChI=1S/C18H18N2O3/c1-22-9-10-23-17-7-5-14(6-8-17)13-20-18(21)16-4-2-3-15(11-16)12-19/h2-8,11H,9-10,13H2,1H3,(H,20,21).